The Labute approximate surface area is 85.5 Å². The average Bonchev–Trinajstić information content (AvgIpc) is 2.75. The van der Waals surface area contributed by atoms with Crippen LogP contribution in [0.3, 0.4) is 0 Å². The number of aliphatic hydroxyl groups is 1. The van der Waals surface area contributed by atoms with Crippen molar-refractivity contribution in [2.24, 2.45) is 5.92 Å². The standard InChI is InChI=1S/C11H11F3O/c1-7-6-10(7,15)8-2-4-9(5-3-8)11(12,13)14/h2-5,7,15H,6H2,1H3. The molecule has 1 aromatic carbocycles. The van der Waals surface area contributed by atoms with E-state index in [9.17, 15) is 18.3 Å². The largest absolute Gasteiger partial charge is 0.416 e. The number of rotatable bonds is 1. The van der Waals surface area contributed by atoms with Gasteiger partial charge in [0.25, 0.3) is 0 Å². The van der Waals surface area contributed by atoms with Gasteiger partial charge in [-0.15, -0.1) is 0 Å². The number of alkyl halides is 3. The minimum atomic E-state index is -4.31. The van der Waals surface area contributed by atoms with Gasteiger partial charge in [-0.3, -0.25) is 0 Å². The third-order valence-electron chi connectivity index (χ3n) is 2.98. The predicted molar refractivity (Wildman–Crippen MR) is 49.1 cm³/mol. The van der Waals surface area contributed by atoms with Gasteiger partial charge in [0.05, 0.1) is 11.2 Å². The van der Waals surface area contributed by atoms with Crippen molar-refractivity contribution in [1.29, 1.82) is 0 Å². The summed E-state index contributed by atoms with van der Waals surface area (Å²) in [4.78, 5) is 0. The van der Waals surface area contributed by atoms with Gasteiger partial charge in [-0.2, -0.15) is 13.2 Å². The van der Waals surface area contributed by atoms with Crippen molar-refractivity contribution >= 4 is 0 Å². The second-order valence-corrected chi connectivity index (χ2v) is 4.10. The maximum absolute atomic E-state index is 12.2. The average molecular weight is 216 g/mol. The summed E-state index contributed by atoms with van der Waals surface area (Å²) in [6.45, 7) is 1.87. The van der Waals surface area contributed by atoms with Crippen molar-refractivity contribution < 1.29 is 18.3 Å². The zero-order valence-corrected chi connectivity index (χ0v) is 8.17. The molecule has 0 bridgehead atoms. The van der Waals surface area contributed by atoms with Gasteiger partial charge in [-0.1, -0.05) is 19.1 Å². The Morgan fingerprint density at radius 2 is 1.73 bits per heavy atom. The molecule has 1 aliphatic carbocycles. The Morgan fingerprint density at radius 3 is 2.07 bits per heavy atom. The van der Waals surface area contributed by atoms with E-state index in [1.807, 2.05) is 6.92 Å². The van der Waals surface area contributed by atoms with E-state index in [0.717, 1.165) is 12.1 Å². The molecule has 82 valence electrons. The Kier molecular flexibility index (Phi) is 2.08. The summed E-state index contributed by atoms with van der Waals surface area (Å²) in [5.74, 6) is 0.134. The van der Waals surface area contributed by atoms with Crippen molar-refractivity contribution in [3.63, 3.8) is 0 Å². The molecule has 0 spiro atoms. The highest BCUT2D eigenvalue weighted by molar-refractivity contribution is 5.33. The van der Waals surface area contributed by atoms with Crippen LogP contribution in [0.5, 0.6) is 0 Å². The number of hydrogen-bond acceptors (Lipinski definition) is 1. The molecular formula is C11H11F3O. The molecule has 1 aliphatic rings. The highest BCUT2D eigenvalue weighted by Gasteiger charge is 2.51. The molecule has 1 aromatic rings. The summed E-state index contributed by atoms with van der Waals surface area (Å²) in [7, 11) is 0. The fourth-order valence-corrected chi connectivity index (χ4v) is 1.76. The van der Waals surface area contributed by atoms with Gasteiger partial charge in [0.1, 0.15) is 0 Å². The topological polar surface area (TPSA) is 20.2 Å². The number of hydrogen-bond donors (Lipinski definition) is 1. The second-order valence-electron chi connectivity index (χ2n) is 4.10. The lowest BCUT2D eigenvalue weighted by Gasteiger charge is -2.11. The summed E-state index contributed by atoms with van der Waals surface area (Å²) >= 11 is 0. The molecule has 0 amide bonds. The van der Waals surface area contributed by atoms with E-state index in [-0.39, 0.29) is 5.92 Å². The van der Waals surface area contributed by atoms with Crippen LogP contribution < -0.4 is 0 Å². The van der Waals surface area contributed by atoms with Crippen LogP contribution in [0.25, 0.3) is 0 Å². The monoisotopic (exact) mass is 216 g/mol. The number of benzene rings is 1. The van der Waals surface area contributed by atoms with Gasteiger partial charge in [0, 0.05) is 0 Å². The molecule has 1 nitrogen and oxygen atoms in total. The van der Waals surface area contributed by atoms with E-state index < -0.39 is 17.3 Å². The molecule has 0 aromatic heterocycles. The maximum atomic E-state index is 12.2. The van der Waals surface area contributed by atoms with Gasteiger partial charge in [-0.05, 0) is 30.0 Å². The van der Waals surface area contributed by atoms with E-state index >= 15 is 0 Å². The molecule has 1 fully saturated rings. The van der Waals surface area contributed by atoms with Crippen molar-refractivity contribution in [2.75, 3.05) is 0 Å². The summed E-state index contributed by atoms with van der Waals surface area (Å²) < 4.78 is 36.7. The van der Waals surface area contributed by atoms with Crippen LogP contribution in [0.15, 0.2) is 24.3 Å². The first kappa shape index (κ1) is 10.5. The van der Waals surface area contributed by atoms with Crippen LogP contribution in [0.2, 0.25) is 0 Å². The van der Waals surface area contributed by atoms with E-state index in [1.54, 1.807) is 0 Å². The van der Waals surface area contributed by atoms with Gasteiger partial charge in [-0.25, -0.2) is 0 Å². The fraction of sp³-hybridized carbons (Fsp3) is 0.455. The van der Waals surface area contributed by atoms with Crippen LogP contribution in [-0.4, -0.2) is 5.11 Å². The summed E-state index contributed by atoms with van der Waals surface area (Å²) in [6.07, 6.45) is -3.69. The molecule has 0 saturated heterocycles. The lowest BCUT2D eigenvalue weighted by molar-refractivity contribution is -0.137. The lowest BCUT2D eigenvalue weighted by Crippen LogP contribution is -2.09. The molecule has 1 N–H and O–H groups in total. The second kappa shape index (κ2) is 2.98. The fourth-order valence-electron chi connectivity index (χ4n) is 1.76. The molecular weight excluding hydrogens is 205 g/mol. The Bertz CT molecular complexity index is 368. The predicted octanol–water partition coefficient (Wildman–Crippen LogP) is 2.93. The van der Waals surface area contributed by atoms with E-state index in [2.05, 4.69) is 0 Å². The van der Waals surface area contributed by atoms with E-state index in [1.165, 1.54) is 12.1 Å². The van der Waals surface area contributed by atoms with Gasteiger partial charge in [0.15, 0.2) is 0 Å². The molecule has 0 radical (unpaired) electrons. The first-order valence-corrected chi connectivity index (χ1v) is 4.74. The maximum Gasteiger partial charge on any atom is 0.416 e. The minimum Gasteiger partial charge on any atom is -0.385 e. The zero-order chi connectivity index (χ0) is 11.3. The first-order valence-electron chi connectivity index (χ1n) is 4.74. The van der Waals surface area contributed by atoms with E-state index in [4.69, 9.17) is 0 Å². The van der Waals surface area contributed by atoms with Gasteiger partial charge >= 0.3 is 6.18 Å². The van der Waals surface area contributed by atoms with E-state index in [0.29, 0.717) is 12.0 Å². The molecule has 2 unspecified atom stereocenters. The van der Waals surface area contributed by atoms with Crippen LogP contribution in [-0.2, 0) is 11.8 Å². The van der Waals surface area contributed by atoms with Crippen molar-refractivity contribution in [1.82, 2.24) is 0 Å². The minimum absolute atomic E-state index is 0.134. The van der Waals surface area contributed by atoms with Gasteiger partial charge < -0.3 is 5.11 Å². The molecule has 4 heteroatoms. The summed E-state index contributed by atoms with van der Waals surface area (Å²) in [6, 6.07) is 4.73. The normalized spacial score (nSPS) is 30.3. The molecule has 0 heterocycles. The third-order valence-corrected chi connectivity index (χ3v) is 2.98. The van der Waals surface area contributed by atoms with Crippen molar-refractivity contribution in [3.05, 3.63) is 35.4 Å². The highest BCUT2D eigenvalue weighted by Crippen LogP contribution is 2.51. The SMILES string of the molecule is CC1CC1(O)c1ccc(C(F)(F)F)cc1. The first-order chi connectivity index (χ1) is 6.84. The van der Waals surface area contributed by atoms with Crippen molar-refractivity contribution in [3.8, 4) is 0 Å². The quantitative estimate of drug-likeness (QED) is 0.765. The van der Waals surface area contributed by atoms with Gasteiger partial charge in [0.2, 0.25) is 0 Å². The van der Waals surface area contributed by atoms with Crippen molar-refractivity contribution in [2.45, 2.75) is 25.1 Å². The zero-order valence-electron chi connectivity index (χ0n) is 8.17. The Hall–Kier alpha value is -1.03. The highest BCUT2D eigenvalue weighted by atomic mass is 19.4. The smallest absolute Gasteiger partial charge is 0.385 e. The molecule has 15 heavy (non-hydrogen) atoms. The van der Waals surface area contributed by atoms with Crippen LogP contribution >= 0.6 is 0 Å². The third kappa shape index (κ3) is 1.74. The Balaban J connectivity index is 2.26. The van der Waals surface area contributed by atoms with Crippen LogP contribution in [0, 0.1) is 5.92 Å². The number of halogens is 3. The summed E-state index contributed by atoms with van der Waals surface area (Å²) in [5, 5.41) is 9.88. The molecule has 2 atom stereocenters. The Morgan fingerprint density at radius 1 is 1.27 bits per heavy atom. The molecule has 1 saturated carbocycles. The van der Waals surface area contributed by atoms with Crippen LogP contribution in [0.4, 0.5) is 13.2 Å². The summed E-state index contributed by atoms with van der Waals surface area (Å²) in [5.41, 5.74) is -1.00. The molecule has 2 rings (SSSR count). The van der Waals surface area contributed by atoms with Crippen LogP contribution in [0.1, 0.15) is 24.5 Å². The lowest BCUT2D eigenvalue weighted by atomic mass is 10.0. The molecule has 0 aliphatic heterocycles.